The van der Waals surface area contributed by atoms with Gasteiger partial charge in [-0.15, -0.1) is 0 Å². The van der Waals surface area contributed by atoms with Gasteiger partial charge in [-0.25, -0.2) is 0 Å². The average molecular weight is 395 g/mol. The molecule has 0 saturated carbocycles. The number of fused-ring (bicyclic) bond motifs is 1. The van der Waals surface area contributed by atoms with Crippen molar-refractivity contribution in [3.8, 4) is 11.5 Å². The Labute approximate surface area is 160 Å². The maximum absolute atomic E-state index is 12.1. The Morgan fingerprint density at radius 1 is 1.00 bits per heavy atom. The summed E-state index contributed by atoms with van der Waals surface area (Å²) in [5.74, 6) is 0.546. The molecule has 3 rings (SSSR count). The summed E-state index contributed by atoms with van der Waals surface area (Å²) in [7, 11) is 0. The lowest BCUT2D eigenvalue weighted by Gasteiger charge is -2.25. The molecule has 0 spiro atoms. The summed E-state index contributed by atoms with van der Waals surface area (Å²) in [5, 5.41) is 6.09. The first kappa shape index (κ1) is 18.4. The zero-order valence-corrected chi connectivity index (χ0v) is 15.1. The maximum Gasteiger partial charge on any atom is 0.264 e. The third-order valence-electron chi connectivity index (χ3n) is 3.69. The molecule has 1 aliphatic rings. The maximum atomic E-state index is 12.1. The fourth-order valence-electron chi connectivity index (χ4n) is 2.36. The lowest BCUT2D eigenvalue weighted by atomic mass is 10.2. The van der Waals surface area contributed by atoms with E-state index in [0.717, 1.165) is 0 Å². The Bertz CT molecular complexity index is 829. The lowest BCUT2D eigenvalue weighted by Crippen LogP contribution is -2.46. The summed E-state index contributed by atoms with van der Waals surface area (Å²) in [6.07, 6.45) is -0.726. The van der Waals surface area contributed by atoms with E-state index < -0.39 is 6.10 Å². The van der Waals surface area contributed by atoms with E-state index in [-0.39, 0.29) is 31.5 Å². The molecule has 2 aromatic rings. The van der Waals surface area contributed by atoms with Gasteiger partial charge in [-0.2, -0.15) is 0 Å². The highest BCUT2D eigenvalue weighted by Gasteiger charge is 2.26. The molecular weight excluding hydrogens is 379 g/mol. The van der Waals surface area contributed by atoms with Gasteiger partial charge in [-0.1, -0.05) is 35.3 Å². The van der Waals surface area contributed by atoms with Gasteiger partial charge in [0.2, 0.25) is 6.10 Å². The van der Waals surface area contributed by atoms with Crippen molar-refractivity contribution in [2.24, 2.45) is 0 Å². The van der Waals surface area contributed by atoms with E-state index in [9.17, 15) is 9.59 Å². The molecule has 0 aliphatic carbocycles. The predicted octanol–water partition coefficient (Wildman–Crippen LogP) is 2.68. The van der Waals surface area contributed by atoms with E-state index in [0.29, 0.717) is 27.1 Å². The Hall–Kier alpha value is -2.44. The molecule has 1 atom stereocenters. The molecular formula is C18H16Cl2N2O4. The van der Waals surface area contributed by atoms with Crippen LogP contribution in [0.25, 0.3) is 0 Å². The second-order valence-corrected chi connectivity index (χ2v) is 6.35. The number of rotatable bonds is 5. The number of hydrogen-bond acceptors (Lipinski definition) is 4. The monoisotopic (exact) mass is 394 g/mol. The molecule has 0 fully saturated rings. The van der Waals surface area contributed by atoms with Crippen LogP contribution >= 0.6 is 23.2 Å². The van der Waals surface area contributed by atoms with Crippen LogP contribution in [0.1, 0.15) is 10.4 Å². The topological polar surface area (TPSA) is 76.7 Å². The van der Waals surface area contributed by atoms with Crippen LogP contribution in [0.2, 0.25) is 10.0 Å². The number of carbonyl (C=O) groups is 2. The van der Waals surface area contributed by atoms with Crippen molar-refractivity contribution in [1.29, 1.82) is 0 Å². The van der Waals surface area contributed by atoms with Gasteiger partial charge in [0.25, 0.3) is 11.8 Å². The number of halogens is 2. The molecule has 0 aromatic heterocycles. The first-order chi connectivity index (χ1) is 12.5. The van der Waals surface area contributed by atoms with Gasteiger partial charge < -0.3 is 20.1 Å². The van der Waals surface area contributed by atoms with Crippen LogP contribution in [0.4, 0.5) is 0 Å². The summed E-state index contributed by atoms with van der Waals surface area (Å²) in [5.41, 5.74) is 0.395. The quantitative estimate of drug-likeness (QED) is 0.764. The molecule has 0 bridgehead atoms. The Morgan fingerprint density at radius 2 is 1.73 bits per heavy atom. The van der Waals surface area contributed by atoms with Crippen LogP contribution in [0.15, 0.2) is 42.5 Å². The second kappa shape index (κ2) is 8.29. The van der Waals surface area contributed by atoms with Gasteiger partial charge in [0.15, 0.2) is 11.5 Å². The summed E-state index contributed by atoms with van der Waals surface area (Å²) in [4.78, 5) is 24.2. The molecule has 1 unspecified atom stereocenters. The zero-order valence-electron chi connectivity index (χ0n) is 13.6. The Morgan fingerprint density at radius 3 is 2.50 bits per heavy atom. The minimum Gasteiger partial charge on any atom is -0.485 e. The van der Waals surface area contributed by atoms with Crippen molar-refractivity contribution < 1.29 is 19.1 Å². The molecule has 136 valence electrons. The van der Waals surface area contributed by atoms with Gasteiger partial charge in [0.05, 0.1) is 10.0 Å². The van der Waals surface area contributed by atoms with Gasteiger partial charge in [0, 0.05) is 18.7 Å². The minimum atomic E-state index is -0.726. The van der Waals surface area contributed by atoms with Gasteiger partial charge in [0.1, 0.15) is 6.61 Å². The standard InChI is InChI=1S/C18H16Cl2N2O4/c19-12-6-5-11(9-13(12)20)17(23)21-7-8-22-18(24)16-10-25-14-3-1-2-4-15(14)26-16/h1-6,9,16H,7-8,10H2,(H,21,23)(H,22,24). The molecule has 2 aromatic carbocycles. The Kier molecular flexibility index (Phi) is 5.85. The van der Waals surface area contributed by atoms with Crippen molar-refractivity contribution in [2.45, 2.75) is 6.10 Å². The molecule has 26 heavy (non-hydrogen) atoms. The summed E-state index contributed by atoms with van der Waals surface area (Å²) in [6.45, 7) is 0.654. The predicted molar refractivity (Wildman–Crippen MR) is 98.2 cm³/mol. The molecule has 6 nitrogen and oxygen atoms in total. The van der Waals surface area contributed by atoms with E-state index in [4.69, 9.17) is 32.7 Å². The van der Waals surface area contributed by atoms with Gasteiger partial charge in [-0.05, 0) is 30.3 Å². The van der Waals surface area contributed by atoms with E-state index >= 15 is 0 Å². The number of para-hydroxylation sites is 2. The number of benzene rings is 2. The lowest BCUT2D eigenvalue weighted by molar-refractivity contribution is -0.130. The Balaban J connectivity index is 1.43. The molecule has 0 radical (unpaired) electrons. The molecule has 1 heterocycles. The first-order valence-corrected chi connectivity index (χ1v) is 8.69. The van der Waals surface area contributed by atoms with E-state index in [1.54, 1.807) is 30.3 Å². The number of ether oxygens (including phenoxy) is 2. The summed E-state index contributed by atoms with van der Waals surface area (Å²) >= 11 is 11.7. The minimum absolute atomic E-state index is 0.137. The van der Waals surface area contributed by atoms with Crippen LogP contribution in [0.5, 0.6) is 11.5 Å². The van der Waals surface area contributed by atoms with Crippen molar-refractivity contribution >= 4 is 35.0 Å². The van der Waals surface area contributed by atoms with Crippen molar-refractivity contribution in [2.75, 3.05) is 19.7 Å². The normalized spacial score (nSPS) is 15.2. The number of carbonyl (C=O) groups excluding carboxylic acids is 2. The molecule has 0 saturated heterocycles. The summed E-state index contributed by atoms with van der Waals surface area (Å²) < 4.78 is 11.1. The highest BCUT2D eigenvalue weighted by Crippen LogP contribution is 2.30. The number of amides is 2. The fraction of sp³-hybridized carbons (Fsp3) is 0.222. The van der Waals surface area contributed by atoms with Gasteiger partial charge in [-0.3, -0.25) is 9.59 Å². The average Bonchev–Trinajstić information content (AvgIpc) is 2.66. The highest BCUT2D eigenvalue weighted by molar-refractivity contribution is 6.42. The highest BCUT2D eigenvalue weighted by atomic mass is 35.5. The molecule has 2 N–H and O–H groups in total. The van der Waals surface area contributed by atoms with Gasteiger partial charge >= 0.3 is 0 Å². The fourth-order valence-corrected chi connectivity index (χ4v) is 2.66. The van der Waals surface area contributed by atoms with Crippen LogP contribution in [0, 0.1) is 0 Å². The number of hydrogen-bond donors (Lipinski definition) is 2. The largest absolute Gasteiger partial charge is 0.485 e. The third kappa shape index (κ3) is 4.39. The van der Waals surface area contributed by atoms with Crippen LogP contribution in [-0.2, 0) is 4.79 Å². The molecule has 1 aliphatic heterocycles. The number of nitrogens with one attached hydrogen (secondary N) is 2. The van der Waals surface area contributed by atoms with E-state index in [2.05, 4.69) is 10.6 Å². The van der Waals surface area contributed by atoms with Crippen LogP contribution in [0.3, 0.4) is 0 Å². The third-order valence-corrected chi connectivity index (χ3v) is 4.43. The SMILES string of the molecule is O=C(NCCNC(=O)C1COc2ccccc2O1)c1ccc(Cl)c(Cl)c1. The van der Waals surface area contributed by atoms with Crippen molar-refractivity contribution in [3.05, 3.63) is 58.1 Å². The summed E-state index contributed by atoms with van der Waals surface area (Å²) in [6, 6.07) is 11.8. The van der Waals surface area contributed by atoms with Crippen molar-refractivity contribution in [3.63, 3.8) is 0 Å². The van der Waals surface area contributed by atoms with Crippen molar-refractivity contribution in [1.82, 2.24) is 10.6 Å². The van der Waals surface area contributed by atoms with Crippen LogP contribution < -0.4 is 20.1 Å². The van der Waals surface area contributed by atoms with E-state index in [1.165, 1.54) is 6.07 Å². The second-order valence-electron chi connectivity index (χ2n) is 5.54. The van der Waals surface area contributed by atoms with E-state index in [1.807, 2.05) is 6.07 Å². The first-order valence-electron chi connectivity index (χ1n) is 7.94. The zero-order chi connectivity index (χ0) is 18.5. The molecule has 8 heteroatoms. The van der Waals surface area contributed by atoms with Crippen LogP contribution in [-0.4, -0.2) is 37.6 Å². The molecule has 2 amide bonds. The smallest absolute Gasteiger partial charge is 0.264 e.